The molecule has 0 amide bonds. The zero-order valence-electron chi connectivity index (χ0n) is 25.3. The molecule has 226 valence electrons. The van der Waals surface area contributed by atoms with Gasteiger partial charge in [-0.1, -0.05) is 112 Å². The summed E-state index contributed by atoms with van der Waals surface area (Å²) >= 11 is 0. The van der Waals surface area contributed by atoms with E-state index in [1.165, 1.54) is 14.9 Å². The highest BCUT2D eigenvalue weighted by molar-refractivity contribution is 6.99. The molecular weight excluding hydrogens is 558 g/mol. The van der Waals surface area contributed by atoms with Crippen LogP contribution in [0.4, 0.5) is 0 Å². The molecule has 2 N–H and O–H groups in total. The zero-order chi connectivity index (χ0) is 30.6. The minimum atomic E-state index is -2.79. The maximum Gasteiger partial charge on any atom is 0.335 e. The van der Waals surface area contributed by atoms with Crippen molar-refractivity contribution in [1.29, 1.82) is 0 Å². The van der Waals surface area contributed by atoms with Crippen molar-refractivity contribution in [1.82, 2.24) is 9.13 Å². The number of nitrogens with two attached hydrogens (primary N) is 1. The molecule has 0 spiro atoms. The minimum Gasteiger partial charge on any atom is -0.405 e. The highest BCUT2D eigenvalue weighted by Gasteiger charge is 2.51. The Morgan fingerprint density at radius 1 is 0.907 bits per heavy atom. The fourth-order valence-electron chi connectivity index (χ4n) is 5.96. The predicted molar refractivity (Wildman–Crippen MR) is 171 cm³/mol. The van der Waals surface area contributed by atoms with Gasteiger partial charge in [-0.15, -0.1) is 0 Å². The standard InChI is InChI=1S/C34H41N3O5Si/c1-25-21-36(33(39)37(32(25)38)24-40-22-26-14-8-5-9-15-26)31-20-29(35)30(42-31)23-41-43(34(2,3)4,27-16-10-6-11-17-27)28-18-12-7-13-19-28/h5-19,21,29-31H,20,22-24,35H2,1-4H3/t29-,30+,31+/m0/s1. The lowest BCUT2D eigenvalue weighted by molar-refractivity contribution is -0.0263. The van der Waals surface area contributed by atoms with Crippen molar-refractivity contribution in [3.8, 4) is 0 Å². The first kappa shape index (κ1) is 30.8. The van der Waals surface area contributed by atoms with Gasteiger partial charge >= 0.3 is 5.69 Å². The molecule has 0 saturated carbocycles. The van der Waals surface area contributed by atoms with Crippen molar-refractivity contribution in [2.45, 2.75) is 70.9 Å². The van der Waals surface area contributed by atoms with Crippen LogP contribution in [-0.4, -0.2) is 36.2 Å². The molecule has 1 aromatic heterocycles. The Kier molecular flexibility index (Phi) is 9.29. The van der Waals surface area contributed by atoms with Crippen LogP contribution in [0.3, 0.4) is 0 Å². The molecule has 1 saturated heterocycles. The smallest absolute Gasteiger partial charge is 0.335 e. The Morgan fingerprint density at radius 3 is 2.02 bits per heavy atom. The number of nitrogens with zero attached hydrogens (tertiary/aromatic N) is 2. The number of hydrogen-bond acceptors (Lipinski definition) is 6. The lowest BCUT2D eigenvalue weighted by Crippen LogP contribution is -2.67. The molecule has 1 aliphatic heterocycles. The van der Waals surface area contributed by atoms with Gasteiger partial charge < -0.3 is 19.6 Å². The molecule has 0 unspecified atom stereocenters. The zero-order valence-corrected chi connectivity index (χ0v) is 26.3. The summed E-state index contributed by atoms with van der Waals surface area (Å²) in [6.45, 7) is 8.76. The molecule has 0 bridgehead atoms. The van der Waals surface area contributed by atoms with Crippen LogP contribution in [-0.2, 0) is 27.2 Å². The first-order valence-electron chi connectivity index (χ1n) is 14.7. The van der Waals surface area contributed by atoms with Crippen LogP contribution >= 0.6 is 0 Å². The molecule has 2 heterocycles. The van der Waals surface area contributed by atoms with Crippen LogP contribution in [0.25, 0.3) is 0 Å². The fourth-order valence-corrected chi connectivity index (χ4v) is 10.5. The van der Waals surface area contributed by atoms with Gasteiger partial charge in [-0.25, -0.2) is 9.36 Å². The maximum atomic E-state index is 13.5. The van der Waals surface area contributed by atoms with Crippen LogP contribution < -0.4 is 27.4 Å². The Bertz CT molecular complexity index is 1580. The third-order valence-corrected chi connectivity index (χ3v) is 13.2. The summed E-state index contributed by atoms with van der Waals surface area (Å²) in [6.07, 6.45) is 0.904. The molecule has 3 atom stereocenters. The number of hydrogen-bond donors (Lipinski definition) is 1. The van der Waals surface area contributed by atoms with Gasteiger partial charge in [0.25, 0.3) is 13.9 Å². The van der Waals surface area contributed by atoms with E-state index in [1.54, 1.807) is 13.1 Å². The summed E-state index contributed by atoms with van der Waals surface area (Å²) in [4.78, 5) is 26.4. The normalized spacial score (nSPS) is 19.0. The second-order valence-corrected chi connectivity index (χ2v) is 16.5. The van der Waals surface area contributed by atoms with Crippen LogP contribution in [0.5, 0.6) is 0 Å². The monoisotopic (exact) mass is 599 g/mol. The SMILES string of the molecule is Cc1cn([C@H]2C[C@H](N)[C@@H](CO[Si](c3ccccc3)(c3ccccc3)C(C)(C)C)O2)c(=O)n(COCc2ccccc2)c1=O. The molecule has 43 heavy (non-hydrogen) atoms. The molecule has 3 aromatic carbocycles. The molecule has 8 nitrogen and oxygen atoms in total. The average Bonchev–Trinajstić information content (AvgIpc) is 3.38. The maximum absolute atomic E-state index is 13.5. The number of ether oxygens (including phenoxy) is 2. The topological polar surface area (TPSA) is 97.7 Å². The summed E-state index contributed by atoms with van der Waals surface area (Å²) < 4.78 is 21.8. The number of aryl methyl sites for hydroxylation is 1. The Balaban J connectivity index is 1.38. The van der Waals surface area contributed by atoms with Gasteiger partial charge in [-0.2, -0.15) is 0 Å². The van der Waals surface area contributed by atoms with Gasteiger partial charge in [-0.3, -0.25) is 9.36 Å². The molecule has 0 aliphatic carbocycles. The molecule has 1 fully saturated rings. The number of rotatable bonds is 10. The van der Waals surface area contributed by atoms with Gasteiger partial charge in [0, 0.05) is 24.2 Å². The van der Waals surface area contributed by atoms with E-state index in [0.29, 0.717) is 12.0 Å². The summed E-state index contributed by atoms with van der Waals surface area (Å²) in [7, 11) is -2.79. The van der Waals surface area contributed by atoms with E-state index in [9.17, 15) is 9.59 Å². The summed E-state index contributed by atoms with van der Waals surface area (Å²) in [5, 5.41) is 2.15. The molecular formula is C34H41N3O5Si. The van der Waals surface area contributed by atoms with Crippen molar-refractivity contribution in [2.24, 2.45) is 5.73 Å². The van der Waals surface area contributed by atoms with Crippen LogP contribution in [0.1, 0.15) is 44.5 Å². The first-order valence-corrected chi connectivity index (χ1v) is 16.6. The lowest BCUT2D eigenvalue weighted by atomic mass is 10.1. The van der Waals surface area contributed by atoms with E-state index in [1.807, 2.05) is 42.5 Å². The Morgan fingerprint density at radius 2 is 1.47 bits per heavy atom. The van der Waals surface area contributed by atoms with Crippen molar-refractivity contribution in [3.63, 3.8) is 0 Å². The summed E-state index contributed by atoms with van der Waals surface area (Å²) in [6, 6.07) is 30.1. The van der Waals surface area contributed by atoms with Gasteiger partial charge in [0.15, 0.2) is 0 Å². The van der Waals surface area contributed by atoms with Gasteiger partial charge in [0.2, 0.25) is 0 Å². The van der Waals surface area contributed by atoms with Gasteiger partial charge in [0.1, 0.15) is 13.0 Å². The van der Waals surface area contributed by atoms with Crippen molar-refractivity contribution in [3.05, 3.63) is 129 Å². The number of aromatic nitrogens is 2. The van der Waals surface area contributed by atoms with Crippen molar-refractivity contribution < 1.29 is 13.9 Å². The van der Waals surface area contributed by atoms with Gasteiger partial charge in [-0.05, 0) is 27.9 Å². The third-order valence-electron chi connectivity index (χ3n) is 8.17. The van der Waals surface area contributed by atoms with Crippen LogP contribution in [0, 0.1) is 6.92 Å². The average molecular weight is 600 g/mol. The third kappa shape index (κ3) is 6.36. The second-order valence-electron chi connectivity index (χ2n) is 12.2. The number of benzene rings is 3. The predicted octanol–water partition coefficient (Wildman–Crippen LogP) is 3.68. The van der Waals surface area contributed by atoms with Crippen LogP contribution in [0.2, 0.25) is 5.04 Å². The first-order chi connectivity index (χ1) is 20.6. The largest absolute Gasteiger partial charge is 0.405 e. The van der Waals surface area contributed by atoms with Crippen molar-refractivity contribution >= 4 is 18.7 Å². The van der Waals surface area contributed by atoms with Gasteiger partial charge in [0.05, 0.1) is 19.3 Å². The highest BCUT2D eigenvalue weighted by atomic mass is 28.4. The molecule has 1 aliphatic rings. The summed E-state index contributed by atoms with van der Waals surface area (Å²) in [5.74, 6) is 0. The quantitative estimate of drug-likeness (QED) is 0.280. The Hall–Kier alpha value is -3.60. The van der Waals surface area contributed by atoms with E-state index in [2.05, 4.69) is 69.3 Å². The molecule has 4 aromatic rings. The van der Waals surface area contributed by atoms with E-state index in [-0.39, 0.29) is 36.6 Å². The Labute approximate surface area is 253 Å². The second kappa shape index (κ2) is 12.9. The van der Waals surface area contributed by atoms with E-state index in [4.69, 9.17) is 19.6 Å². The van der Waals surface area contributed by atoms with Crippen LogP contribution in [0.15, 0.2) is 107 Å². The molecule has 0 radical (unpaired) electrons. The molecule has 5 rings (SSSR count). The van der Waals surface area contributed by atoms with E-state index < -0.39 is 26.3 Å². The van der Waals surface area contributed by atoms with Crippen molar-refractivity contribution in [2.75, 3.05) is 6.61 Å². The highest BCUT2D eigenvalue weighted by Crippen LogP contribution is 2.37. The van der Waals surface area contributed by atoms with E-state index >= 15 is 0 Å². The summed E-state index contributed by atoms with van der Waals surface area (Å²) in [5.41, 5.74) is 7.13. The van der Waals surface area contributed by atoms with E-state index in [0.717, 1.165) is 10.1 Å². The minimum absolute atomic E-state index is 0.159. The molecule has 9 heteroatoms. The fraction of sp³-hybridized carbons (Fsp3) is 0.353. The lowest BCUT2D eigenvalue weighted by Gasteiger charge is -2.43.